The highest BCUT2D eigenvalue weighted by Gasteiger charge is 2.11. The van der Waals surface area contributed by atoms with Crippen LogP contribution in [0.4, 0.5) is 0 Å². The van der Waals surface area contributed by atoms with Crippen LogP contribution in [0.25, 0.3) is 0 Å². The van der Waals surface area contributed by atoms with Crippen LogP contribution < -0.4 is 0 Å². The van der Waals surface area contributed by atoms with Gasteiger partial charge in [0.1, 0.15) is 6.10 Å². The van der Waals surface area contributed by atoms with Crippen LogP contribution in [-0.2, 0) is 9.53 Å². The second-order valence-corrected chi connectivity index (χ2v) is 5.53. The van der Waals surface area contributed by atoms with E-state index in [1.807, 2.05) is 0 Å². The first kappa shape index (κ1) is 18.5. The number of ether oxygens (including phenoxy) is 1. The third kappa shape index (κ3) is 12.3. The van der Waals surface area contributed by atoms with Crippen LogP contribution in [-0.4, -0.2) is 12.1 Å². The zero-order valence-corrected chi connectivity index (χ0v) is 13.4. The van der Waals surface area contributed by atoms with E-state index in [1.165, 1.54) is 51.4 Å². The minimum absolute atomic E-state index is 0.0128. The summed E-state index contributed by atoms with van der Waals surface area (Å²) in [4.78, 5) is 11.7. The predicted octanol–water partition coefficient (Wildman–Crippen LogP) is 5.64. The Labute approximate surface area is 120 Å². The summed E-state index contributed by atoms with van der Waals surface area (Å²) in [5.74, 6) is 0.0128. The quantitative estimate of drug-likeness (QED) is 0.320. The number of esters is 1. The Morgan fingerprint density at radius 2 is 1.42 bits per heavy atom. The number of rotatable bonds is 13. The lowest BCUT2D eigenvalue weighted by Crippen LogP contribution is -2.17. The predicted molar refractivity (Wildman–Crippen MR) is 82.3 cm³/mol. The van der Waals surface area contributed by atoms with E-state index in [2.05, 4.69) is 20.8 Å². The van der Waals surface area contributed by atoms with E-state index in [0.29, 0.717) is 6.42 Å². The first-order valence-electron chi connectivity index (χ1n) is 8.44. The molecule has 0 aromatic rings. The fraction of sp³-hybridized carbons (Fsp3) is 0.941. The molecule has 0 saturated heterocycles. The summed E-state index contributed by atoms with van der Waals surface area (Å²) in [6, 6.07) is 0. The van der Waals surface area contributed by atoms with E-state index < -0.39 is 0 Å². The van der Waals surface area contributed by atoms with Gasteiger partial charge in [0.25, 0.3) is 0 Å². The van der Waals surface area contributed by atoms with Crippen LogP contribution in [0.5, 0.6) is 0 Å². The van der Waals surface area contributed by atoms with Crippen LogP contribution in [0.2, 0.25) is 0 Å². The molecule has 0 N–H and O–H groups in total. The molecular formula is C17H34O2. The van der Waals surface area contributed by atoms with Crippen molar-refractivity contribution in [3.63, 3.8) is 0 Å². The molecule has 0 spiro atoms. The van der Waals surface area contributed by atoms with Crippen LogP contribution >= 0.6 is 0 Å². The van der Waals surface area contributed by atoms with Crippen molar-refractivity contribution in [2.24, 2.45) is 0 Å². The molecule has 0 saturated carbocycles. The lowest BCUT2D eigenvalue weighted by molar-refractivity contribution is -0.149. The van der Waals surface area contributed by atoms with Crippen molar-refractivity contribution in [2.75, 3.05) is 0 Å². The Morgan fingerprint density at radius 1 is 0.842 bits per heavy atom. The van der Waals surface area contributed by atoms with Gasteiger partial charge in [-0.3, -0.25) is 4.79 Å². The van der Waals surface area contributed by atoms with E-state index in [-0.39, 0.29) is 12.1 Å². The van der Waals surface area contributed by atoms with Gasteiger partial charge < -0.3 is 4.74 Å². The second-order valence-electron chi connectivity index (χ2n) is 5.53. The minimum atomic E-state index is 0.0128. The third-order valence-electron chi connectivity index (χ3n) is 3.62. The molecule has 0 aromatic carbocycles. The van der Waals surface area contributed by atoms with Gasteiger partial charge in [-0.1, -0.05) is 65.7 Å². The second kappa shape index (κ2) is 13.9. The van der Waals surface area contributed by atoms with E-state index in [0.717, 1.165) is 19.3 Å². The average Bonchev–Trinajstić information content (AvgIpc) is 2.41. The molecule has 2 heteroatoms. The van der Waals surface area contributed by atoms with Crippen molar-refractivity contribution in [1.29, 1.82) is 0 Å². The number of carbonyl (C=O) groups excluding carboxylic acids is 1. The highest BCUT2D eigenvalue weighted by Crippen LogP contribution is 2.13. The van der Waals surface area contributed by atoms with Crippen LogP contribution in [0.15, 0.2) is 0 Å². The monoisotopic (exact) mass is 270 g/mol. The summed E-state index contributed by atoms with van der Waals surface area (Å²) in [5, 5.41) is 0. The Bertz CT molecular complexity index is 201. The Hall–Kier alpha value is -0.530. The molecule has 0 aromatic heterocycles. The number of hydrogen-bond acceptors (Lipinski definition) is 2. The molecule has 0 heterocycles. The molecule has 0 fully saturated rings. The van der Waals surface area contributed by atoms with Gasteiger partial charge in [0, 0.05) is 6.42 Å². The van der Waals surface area contributed by atoms with Gasteiger partial charge in [-0.2, -0.15) is 0 Å². The molecule has 0 aliphatic rings. The fourth-order valence-electron chi connectivity index (χ4n) is 2.26. The number of hydrogen-bond donors (Lipinski definition) is 0. The average molecular weight is 270 g/mol. The van der Waals surface area contributed by atoms with Crippen LogP contribution in [0.1, 0.15) is 97.8 Å². The normalized spacial score (nSPS) is 12.4. The molecule has 0 aliphatic heterocycles. The fourth-order valence-corrected chi connectivity index (χ4v) is 2.26. The molecule has 1 unspecified atom stereocenters. The Morgan fingerprint density at radius 3 is 2.05 bits per heavy atom. The summed E-state index contributed by atoms with van der Waals surface area (Å²) < 4.78 is 5.54. The van der Waals surface area contributed by atoms with Gasteiger partial charge >= 0.3 is 5.97 Å². The summed E-state index contributed by atoms with van der Waals surface area (Å²) in [6.45, 7) is 6.53. The summed E-state index contributed by atoms with van der Waals surface area (Å²) in [6.07, 6.45) is 13.7. The lowest BCUT2D eigenvalue weighted by Gasteiger charge is -2.16. The van der Waals surface area contributed by atoms with E-state index in [1.54, 1.807) is 0 Å². The SMILES string of the molecule is CCCCCCCCC(=O)OC(CC)CCCCC. The molecule has 114 valence electrons. The molecule has 0 rings (SSSR count). The van der Waals surface area contributed by atoms with Crippen LogP contribution in [0.3, 0.4) is 0 Å². The molecule has 1 atom stereocenters. The highest BCUT2D eigenvalue weighted by molar-refractivity contribution is 5.69. The maximum Gasteiger partial charge on any atom is 0.306 e. The molecule has 0 aliphatic carbocycles. The van der Waals surface area contributed by atoms with Gasteiger partial charge in [-0.05, 0) is 25.7 Å². The zero-order chi connectivity index (χ0) is 14.3. The zero-order valence-electron chi connectivity index (χ0n) is 13.4. The topological polar surface area (TPSA) is 26.3 Å². The van der Waals surface area contributed by atoms with Crippen molar-refractivity contribution < 1.29 is 9.53 Å². The molecule has 0 bridgehead atoms. The van der Waals surface area contributed by atoms with Gasteiger partial charge in [0.15, 0.2) is 0 Å². The summed E-state index contributed by atoms with van der Waals surface area (Å²) in [7, 11) is 0. The van der Waals surface area contributed by atoms with Gasteiger partial charge in [0.2, 0.25) is 0 Å². The largest absolute Gasteiger partial charge is 0.462 e. The minimum Gasteiger partial charge on any atom is -0.462 e. The maximum absolute atomic E-state index is 11.7. The van der Waals surface area contributed by atoms with E-state index >= 15 is 0 Å². The van der Waals surface area contributed by atoms with Crippen molar-refractivity contribution in [1.82, 2.24) is 0 Å². The van der Waals surface area contributed by atoms with Crippen LogP contribution in [0, 0.1) is 0 Å². The van der Waals surface area contributed by atoms with Crippen molar-refractivity contribution in [3.05, 3.63) is 0 Å². The Balaban J connectivity index is 3.53. The van der Waals surface area contributed by atoms with Gasteiger partial charge in [-0.15, -0.1) is 0 Å². The number of carbonyl (C=O) groups is 1. The smallest absolute Gasteiger partial charge is 0.306 e. The van der Waals surface area contributed by atoms with Crippen molar-refractivity contribution >= 4 is 5.97 Å². The van der Waals surface area contributed by atoms with E-state index in [9.17, 15) is 4.79 Å². The number of unbranched alkanes of at least 4 members (excludes halogenated alkanes) is 7. The van der Waals surface area contributed by atoms with Gasteiger partial charge in [-0.25, -0.2) is 0 Å². The first-order chi connectivity index (χ1) is 9.24. The molecule has 19 heavy (non-hydrogen) atoms. The summed E-state index contributed by atoms with van der Waals surface area (Å²) in [5.41, 5.74) is 0. The Kier molecular flexibility index (Phi) is 13.5. The first-order valence-corrected chi connectivity index (χ1v) is 8.44. The van der Waals surface area contributed by atoms with Gasteiger partial charge in [0.05, 0.1) is 0 Å². The maximum atomic E-state index is 11.7. The summed E-state index contributed by atoms with van der Waals surface area (Å²) >= 11 is 0. The third-order valence-corrected chi connectivity index (χ3v) is 3.62. The standard InChI is InChI=1S/C17H34O2/c1-4-7-9-10-11-13-15-17(18)19-16(6-3)14-12-8-5-2/h16H,4-15H2,1-3H3. The van der Waals surface area contributed by atoms with Crippen molar-refractivity contribution in [2.45, 2.75) is 104 Å². The van der Waals surface area contributed by atoms with E-state index in [4.69, 9.17) is 4.74 Å². The molecule has 0 amide bonds. The molecule has 0 radical (unpaired) electrons. The van der Waals surface area contributed by atoms with Crippen molar-refractivity contribution in [3.8, 4) is 0 Å². The molecular weight excluding hydrogens is 236 g/mol. The molecule has 2 nitrogen and oxygen atoms in total. The lowest BCUT2D eigenvalue weighted by atomic mass is 10.1. The highest BCUT2D eigenvalue weighted by atomic mass is 16.5.